The normalized spacial score (nSPS) is 9.38. The zero-order chi connectivity index (χ0) is 9.68. The van der Waals surface area contributed by atoms with E-state index in [0.29, 0.717) is 12.4 Å². The highest BCUT2D eigenvalue weighted by Gasteiger charge is 2.06. The minimum atomic E-state index is -0.242. The first-order valence-corrected chi connectivity index (χ1v) is 3.92. The summed E-state index contributed by atoms with van der Waals surface area (Å²) in [5, 5.41) is 2.62. The van der Waals surface area contributed by atoms with E-state index in [9.17, 15) is 4.79 Å². The molecule has 0 saturated heterocycles. The Balaban J connectivity index is 2.82. The van der Waals surface area contributed by atoms with Gasteiger partial charge in [-0.15, -0.1) is 0 Å². The fourth-order valence-electron chi connectivity index (χ4n) is 0.807. The molecule has 5 nitrogen and oxygen atoms in total. The van der Waals surface area contributed by atoms with Crippen LogP contribution in [0.2, 0.25) is 0 Å². The molecule has 1 aromatic heterocycles. The van der Waals surface area contributed by atoms with Crippen LogP contribution in [0, 0.1) is 0 Å². The molecule has 13 heavy (non-hydrogen) atoms. The fraction of sp³-hybridized carbons (Fsp3) is 0.375. The predicted molar refractivity (Wildman–Crippen MR) is 46.6 cm³/mol. The summed E-state index contributed by atoms with van der Waals surface area (Å²) in [6.45, 7) is 2.41. The van der Waals surface area contributed by atoms with Gasteiger partial charge in [-0.25, -0.2) is 4.98 Å². The summed E-state index contributed by atoms with van der Waals surface area (Å²) in [6.07, 6.45) is 2.84. The Bertz CT molecular complexity index is 301. The Morgan fingerprint density at radius 3 is 3.00 bits per heavy atom. The number of methoxy groups -OCH3 is 1. The van der Waals surface area contributed by atoms with Crippen molar-refractivity contribution in [2.75, 3.05) is 13.7 Å². The van der Waals surface area contributed by atoms with E-state index in [-0.39, 0.29) is 11.6 Å². The van der Waals surface area contributed by atoms with Gasteiger partial charge in [0.15, 0.2) is 0 Å². The minimum absolute atomic E-state index is 0.242. The highest BCUT2D eigenvalue weighted by molar-refractivity contribution is 5.91. The van der Waals surface area contributed by atoms with Crippen molar-refractivity contribution in [2.45, 2.75) is 6.92 Å². The van der Waals surface area contributed by atoms with Crippen LogP contribution in [0.3, 0.4) is 0 Å². The van der Waals surface area contributed by atoms with E-state index >= 15 is 0 Å². The first-order chi connectivity index (χ1) is 6.27. The van der Waals surface area contributed by atoms with Gasteiger partial charge in [-0.05, 0) is 6.92 Å². The Hall–Kier alpha value is -1.65. The maximum absolute atomic E-state index is 11.2. The molecule has 0 unspecified atom stereocenters. The number of carbonyl (C=O) groups excluding carboxylic acids is 1. The van der Waals surface area contributed by atoms with Gasteiger partial charge in [0.1, 0.15) is 5.69 Å². The van der Waals surface area contributed by atoms with E-state index in [1.165, 1.54) is 19.5 Å². The van der Waals surface area contributed by atoms with Crippen LogP contribution in [-0.4, -0.2) is 29.5 Å². The van der Waals surface area contributed by atoms with Gasteiger partial charge >= 0.3 is 0 Å². The SMILES string of the molecule is CCNC(=O)c1cncc(OC)n1. The zero-order valence-corrected chi connectivity index (χ0v) is 7.57. The van der Waals surface area contributed by atoms with Crippen molar-refractivity contribution in [1.29, 1.82) is 0 Å². The van der Waals surface area contributed by atoms with Crippen molar-refractivity contribution in [1.82, 2.24) is 15.3 Å². The first-order valence-electron chi connectivity index (χ1n) is 3.92. The molecular weight excluding hydrogens is 170 g/mol. The number of amides is 1. The molecule has 1 aromatic rings. The second-order valence-corrected chi connectivity index (χ2v) is 2.31. The average molecular weight is 181 g/mol. The summed E-state index contributed by atoms with van der Waals surface area (Å²) < 4.78 is 4.83. The molecule has 0 aliphatic carbocycles. The van der Waals surface area contributed by atoms with Crippen LogP contribution in [0.25, 0.3) is 0 Å². The van der Waals surface area contributed by atoms with Crippen LogP contribution >= 0.6 is 0 Å². The van der Waals surface area contributed by atoms with Crippen molar-refractivity contribution in [3.05, 3.63) is 18.1 Å². The van der Waals surface area contributed by atoms with Crippen molar-refractivity contribution in [3.63, 3.8) is 0 Å². The Morgan fingerprint density at radius 2 is 2.38 bits per heavy atom. The first kappa shape index (κ1) is 9.44. The summed E-state index contributed by atoms with van der Waals surface area (Å²) in [6, 6.07) is 0. The van der Waals surface area contributed by atoms with Gasteiger partial charge in [-0.1, -0.05) is 0 Å². The molecular formula is C8H11N3O2. The number of nitrogens with one attached hydrogen (secondary N) is 1. The minimum Gasteiger partial charge on any atom is -0.480 e. The molecule has 0 radical (unpaired) electrons. The summed E-state index contributed by atoms with van der Waals surface area (Å²) in [4.78, 5) is 19.0. The second kappa shape index (κ2) is 4.39. The lowest BCUT2D eigenvalue weighted by Gasteiger charge is -2.02. The highest BCUT2D eigenvalue weighted by Crippen LogP contribution is 2.03. The molecule has 70 valence electrons. The molecule has 5 heteroatoms. The van der Waals surface area contributed by atoms with Crippen LogP contribution in [-0.2, 0) is 0 Å². The quantitative estimate of drug-likeness (QED) is 0.725. The number of nitrogens with zero attached hydrogens (tertiary/aromatic N) is 2. The molecule has 0 bridgehead atoms. The Labute approximate surface area is 76.2 Å². The molecule has 0 aromatic carbocycles. The third-order valence-corrected chi connectivity index (χ3v) is 1.39. The zero-order valence-electron chi connectivity index (χ0n) is 7.57. The molecule has 0 atom stereocenters. The van der Waals surface area contributed by atoms with Gasteiger partial charge < -0.3 is 10.1 Å². The number of rotatable bonds is 3. The summed E-state index contributed by atoms with van der Waals surface area (Å²) >= 11 is 0. The van der Waals surface area contributed by atoms with E-state index in [2.05, 4.69) is 15.3 Å². The molecule has 1 rings (SSSR count). The fourth-order valence-corrected chi connectivity index (χ4v) is 0.807. The lowest BCUT2D eigenvalue weighted by Crippen LogP contribution is -2.23. The van der Waals surface area contributed by atoms with Crippen molar-refractivity contribution < 1.29 is 9.53 Å². The molecule has 0 fully saturated rings. The maximum Gasteiger partial charge on any atom is 0.271 e. The maximum atomic E-state index is 11.2. The van der Waals surface area contributed by atoms with Crippen LogP contribution < -0.4 is 10.1 Å². The standard InChI is InChI=1S/C8H11N3O2/c1-3-10-8(12)6-4-9-5-7(11-6)13-2/h4-5H,3H2,1-2H3,(H,10,12). The Kier molecular flexibility index (Phi) is 3.19. The van der Waals surface area contributed by atoms with Crippen LogP contribution in [0.5, 0.6) is 5.88 Å². The van der Waals surface area contributed by atoms with Crippen molar-refractivity contribution >= 4 is 5.91 Å². The van der Waals surface area contributed by atoms with Gasteiger partial charge in [0.25, 0.3) is 5.91 Å². The smallest absolute Gasteiger partial charge is 0.271 e. The topological polar surface area (TPSA) is 64.1 Å². The van der Waals surface area contributed by atoms with E-state index in [1.807, 2.05) is 6.92 Å². The molecule has 1 amide bonds. The molecule has 1 N–H and O–H groups in total. The molecule has 1 heterocycles. The number of aromatic nitrogens is 2. The van der Waals surface area contributed by atoms with Crippen LogP contribution in [0.15, 0.2) is 12.4 Å². The average Bonchev–Trinajstić information content (AvgIpc) is 2.18. The summed E-state index contributed by atoms with van der Waals surface area (Å²) in [5.41, 5.74) is 0.265. The molecule has 0 aliphatic heterocycles. The number of carbonyl (C=O) groups is 1. The third kappa shape index (κ3) is 2.40. The lowest BCUT2D eigenvalue weighted by molar-refractivity contribution is 0.0949. The lowest BCUT2D eigenvalue weighted by atomic mass is 10.4. The van der Waals surface area contributed by atoms with Gasteiger partial charge in [-0.2, -0.15) is 0 Å². The van der Waals surface area contributed by atoms with Gasteiger partial charge in [-0.3, -0.25) is 9.78 Å². The summed E-state index contributed by atoms with van der Waals surface area (Å²) in [5.74, 6) is 0.0950. The van der Waals surface area contributed by atoms with Crippen molar-refractivity contribution in [3.8, 4) is 5.88 Å². The second-order valence-electron chi connectivity index (χ2n) is 2.31. The van der Waals surface area contributed by atoms with Crippen LogP contribution in [0.4, 0.5) is 0 Å². The molecule has 0 saturated carbocycles. The molecule has 0 aliphatic rings. The molecule has 0 spiro atoms. The van der Waals surface area contributed by atoms with E-state index in [0.717, 1.165) is 0 Å². The van der Waals surface area contributed by atoms with Crippen LogP contribution in [0.1, 0.15) is 17.4 Å². The highest BCUT2D eigenvalue weighted by atomic mass is 16.5. The Morgan fingerprint density at radius 1 is 1.62 bits per heavy atom. The van der Waals surface area contributed by atoms with Gasteiger partial charge in [0.2, 0.25) is 5.88 Å². The summed E-state index contributed by atoms with van der Waals surface area (Å²) in [7, 11) is 1.48. The van der Waals surface area contributed by atoms with E-state index in [1.54, 1.807) is 0 Å². The van der Waals surface area contributed by atoms with E-state index in [4.69, 9.17) is 4.74 Å². The van der Waals surface area contributed by atoms with Crippen molar-refractivity contribution in [2.24, 2.45) is 0 Å². The largest absolute Gasteiger partial charge is 0.480 e. The number of hydrogen-bond acceptors (Lipinski definition) is 4. The predicted octanol–water partition coefficient (Wildman–Crippen LogP) is 0.235. The van der Waals surface area contributed by atoms with Gasteiger partial charge in [0, 0.05) is 6.54 Å². The third-order valence-electron chi connectivity index (χ3n) is 1.39. The monoisotopic (exact) mass is 181 g/mol. The number of hydrogen-bond donors (Lipinski definition) is 1. The van der Waals surface area contributed by atoms with Gasteiger partial charge in [0.05, 0.1) is 19.5 Å². The van der Waals surface area contributed by atoms with E-state index < -0.39 is 0 Å². The number of ether oxygens (including phenoxy) is 1.